The van der Waals surface area contributed by atoms with Crippen molar-refractivity contribution < 1.29 is 4.79 Å². The summed E-state index contributed by atoms with van der Waals surface area (Å²) in [4.78, 5) is 18.2. The third kappa shape index (κ3) is 3.78. The first-order valence-electron chi connectivity index (χ1n) is 8.64. The number of pyridine rings is 1. The minimum Gasteiger partial charge on any atom is -0.358 e. The molecule has 3 aromatic heterocycles. The van der Waals surface area contributed by atoms with E-state index >= 15 is 0 Å². The van der Waals surface area contributed by atoms with E-state index in [0.717, 1.165) is 27.2 Å². The van der Waals surface area contributed by atoms with Crippen molar-refractivity contribution in [2.45, 2.75) is 13.5 Å². The van der Waals surface area contributed by atoms with Gasteiger partial charge in [0.25, 0.3) is 5.91 Å². The molecular formula is C20H17N5OS2. The number of hydrogen-bond acceptors (Lipinski definition) is 5. The highest BCUT2D eigenvalue weighted by Gasteiger charge is 2.17. The number of hydrogen-bond donors (Lipinski definition) is 2. The van der Waals surface area contributed by atoms with Gasteiger partial charge in [0.1, 0.15) is 4.83 Å². The number of benzene rings is 1. The molecule has 1 amide bonds. The molecule has 28 heavy (non-hydrogen) atoms. The van der Waals surface area contributed by atoms with Gasteiger partial charge in [-0.15, -0.1) is 11.3 Å². The number of nitrogens with zero attached hydrogens (tertiary/aromatic N) is 3. The van der Waals surface area contributed by atoms with Gasteiger partial charge < -0.3 is 5.32 Å². The second kappa shape index (κ2) is 7.87. The zero-order valence-electron chi connectivity index (χ0n) is 15.0. The Morgan fingerprint density at radius 2 is 2.04 bits per heavy atom. The van der Waals surface area contributed by atoms with Crippen LogP contribution in [0.3, 0.4) is 0 Å². The lowest BCUT2D eigenvalue weighted by molar-refractivity contribution is 0.0980. The second-order valence-electron chi connectivity index (χ2n) is 6.16. The molecule has 8 heteroatoms. The van der Waals surface area contributed by atoms with E-state index in [4.69, 9.17) is 12.2 Å². The van der Waals surface area contributed by atoms with Gasteiger partial charge in [0.2, 0.25) is 0 Å². The van der Waals surface area contributed by atoms with Crippen LogP contribution in [0.25, 0.3) is 15.9 Å². The largest absolute Gasteiger partial charge is 0.358 e. The number of thiocarbonyl (C=S) groups is 1. The van der Waals surface area contributed by atoms with Gasteiger partial charge in [-0.3, -0.25) is 15.1 Å². The molecule has 3 heterocycles. The third-order valence-electron chi connectivity index (χ3n) is 4.17. The van der Waals surface area contributed by atoms with E-state index < -0.39 is 0 Å². The molecular weight excluding hydrogens is 390 g/mol. The number of para-hydroxylation sites is 1. The van der Waals surface area contributed by atoms with Crippen molar-refractivity contribution in [1.82, 2.24) is 25.4 Å². The van der Waals surface area contributed by atoms with Gasteiger partial charge in [-0.1, -0.05) is 24.3 Å². The minimum absolute atomic E-state index is 0.233. The number of thiophene rings is 1. The molecule has 0 radical (unpaired) electrons. The Morgan fingerprint density at radius 1 is 1.21 bits per heavy atom. The fourth-order valence-electron chi connectivity index (χ4n) is 2.80. The summed E-state index contributed by atoms with van der Waals surface area (Å²) in [6.07, 6.45) is 3.46. The summed E-state index contributed by atoms with van der Waals surface area (Å²) >= 11 is 6.64. The maximum absolute atomic E-state index is 12.6. The number of nitrogens with one attached hydrogen (secondary N) is 2. The number of carbonyl (C=O) groups excluding carboxylic acids is 1. The summed E-state index contributed by atoms with van der Waals surface area (Å²) in [6.45, 7) is 2.44. The summed E-state index contributed by atoms with van der Waals surface area (Å²) in [6, 6.07) is 15.5. The van der Waals surface area contributed by atoms with E-state index in [9.17, 15) is 4.79 Å². The van der Waals surface area contributed by atoms with E-state index in [1.807, 2.05) is 60.1 Å². The molecule has 0 aliphatic heterocycles. The molecule has 0 aliphatic rings. The topological polar surface area (TPSA) is 71.8 Å². The summed E-state index contributed by atoms with van der Waals surface area (Å²) in [5.41, 5.74) is 2.83. The molecule has 0 saturated carbocycles. The maximum atomic E-state index is 12.6. The number of carbonyl (C=O) groups is 1. The van der Waals surface area contributed by atoms with E-state index in [0.29, 0.717) is 11.4 Å². The normalized spacial score (nSPS) is 10.8. The van der Waals surface area contributed by atoms with Crippen LogP contribution in [0.1, 0.15) is 20.9 Å². The summed E-state index contributed by atoms with van der Waals surface area (Å²) in [5, 5.41) is 11.6. The molecule has 0 bridgehead atoms. The van der Waals surface area contributed by atoms with Gasteiger partial charge in [-0.25, -0.2) is 4.68 Å². The van der Waals surface area contributed by atoms with E-state index in [2.05, 4.69) is 20.7 Å². The number of fused-ring (bicyclic) bond motifs is 1. The Bertz CT molecular complexity index is 1140. The summed E-state index contributed by atoms with van der Waals surface area (Å²) in [5.74, 6) is -0.233. The zero-order chi connectivity index (χ0) is 19.5. The van der Waals surface area contributed by atoms with Gasteiger partial charge in [0, 0.05) is 24.3 Å². The number of aryl methyl sites for hydroxylation is 1. The Hall–Kier alpha value is -3.10. The predicted molar refractivity (Wildman–Crippen MR) is 115 cm³/mol. The SMILES string of the molecule is Cc1nn(-c2ccccc2)c2sc(C(=O)NC(=S)NCc3cccnc3)cc12. The highest BCUT2D eigenvalue weighted by Crippen LogP contribution is 2.30. The first kappa shape index (κ1) is 18.3. The molecule has 0 spiro atoms. The molecule has 0 unspecified atom stereocenters. The average molecular weight is 408 g/mol. The van der Waals surface area contributed by atoms with Crippen LogP contribution < -0.4 is 10.6 Å². The zero-order valence-corrected chi connectivity index (χ0v) is 16.7. The first-order valence-corrected chi connectivity index (χ1v) is 9.87. The van der Waals surface area contributed by atoms with Crippen LogP contribution in [-0.2, 0) is 6.54 Å². The molecule has 4 rings (SSSR count). The molecule has 0 atom stereocenters. The van der Waals surface area contributed by atoms with Crippen molar-refractivity contribution in [3.63, 3.8) is 0 Å². The van der Waals surface area contributed by atoms with Crippen molar-refractivity contribution in [1.29, 1.82) is 0 Å². The lowest BCUT2D eigenvalue weighted by atomic mass is 10.3. The van der Waals surface area contributed by atoms with Crippen LogP contribution in [-0.4, -0.2) is 25.8 Å². The number of amides is 1. The van der Waals surface area contributed by atoms with E-state index in [1.165, 1.54) is 11.3 Å². The van der Waals surface area contributed by atoms with Crippen molar-refractivity contribution in [3.05, 3.63) is 77.1 Å². The Morgan fingerprint density at radius 3 is 2.79 bits per heavy atom. The molecule has 1 aromatic carbocycles. The molecule has 4 aromatic rings. The van der Waals surface area contributed by atoms with Crippen molar-refractivity contribution >= 4 is 44.8 Å². The predicted octanol–water partition coefficient (Wildman–Crippen LogP) is 3.59. The van der Waals surface area contributed by atoms with E-state index in [1.54, 1.807) is 12.4 Å². The minimum atomic E-state index is -0.233. The second-order valence-corrected chi connectivity index (χ2v) is 7.60. The standard InChI is InChI=1S/C20H17N5OS2/c1-13-16-10-17(28-19(16)25(24-13)15-7-3-2-4-8-15)18(26)23-20(27)22-12-14-6-5-9-21-11-14/h2-11H,12H2,1H3,(H2,22,23,26,27). The fourth-order valence-corrected chi connectivity index (χ4v) is 4.04. The van der Waals surface area contributed by atoms with Crippen LogP contribution >= 0.6 is 23.6 Å². The molecule has 0 fully saturated rings. The Balaban J connectivity index is 1.49. The maximum Gasteiger partial charge on any atom is 0.267 e. The first-order chi connectivity index (χ1) is 13.6. The fraction of sp³-hybridized carbons (Fsp3) is 0.100. The Kier molecular flexibility index (Phi) is 5.14. The molecule has 140 valence electrons. The van der Waals surface area contributed by atoms with Gasteiger partial charge in [0.05, 0.1) is 16.3 Å². The Labute approximate surface area is 171 Å². The summed E-state index contributed by atoms with van der Waals surface area (Å²) < 4.78 is 1.87. The smallest absolute Gasteiger partial charge is 0.267 e. The van der Waals surface area contributed by atoms with Crippen molar-refractivity contribution in [3.8, 4) is 5.69 Å². The van der Waals surface area contributed by atoms with Gasteiger partial charge in [-0.05, 0) is 49.0 Å². The monoisotopic (exact) mass is 407 g/mol. The number of aromatic nitrogens is 3. The van der Waals surface area contributed by atoms with Crippen LogP contribution in [0.2, 0.25) is 0 Å². The lowest BCUT2D eigenvalue weighted by Crippen LogP contribution is -2.38. The van der Waals surface area contributed by atoms with Crippen LogP contribution in [0.15, 0.2) is 60.9 Å². The molecule has 2 N–H and O–H groups in total. The quantitative estimate of drug-likeness (QED) is 0.506. The highest BCUT2D eigenvalue weighted by molar-refractivity contribution is 7.80. The van der Waals surface area contributed by atoms with Gasteiger partial charge in [0.15, 0.2) is 5.11 Å². The third-order valence-corrected chi connectivity index (χ3v) is 5.53. The van der Waals surface area contributed by atoms with Crippen LogP contribution in [0.4, 0.5) is 0 Å². The van der Waals surface area contributed by atoms with Crippen molar-refractivity contribution in [2.75, 3.05) is 0 Å². The van der Waals surface area contributed by atoms with Crippen LogP contribution in [0, 0.1) is 6.92 Å². The van der Waals surface area contributed by atoms with Crippen LogP contribution in [0.5, 0.6) is 0 Å². The summed E-state index contributed by atoms with van der Waals surface area (Å²) in [7, 11) is 0. The van der Waals surface area contributed by atoms with Gasteiger partial charge >= 0.3 is 0 Å². The van der Waals surface area contributed by atoms with Crippen molar-refractivity contribution in [2.24, 2.45) is 0 Å². The molecule has 0 saturated heterocycles. The highest BCUT2D eigenvalue weighted by atomic mass is 32.1. The average Bonchev–Trinajstić information content (AvgIpc) is 3.29. The lowest BCUT2D eigenvalue weighted by Gasteiger charge is -2.08. The van der Waals surface area contributed by atoms with E-state index in [-0.39, 0.29) is 11.0 Å². The molecule has 0 aliphatic carbocycles. The molecule has 6 nitrogen and oxygen atoms in total. The number of rotatable bonds is 4. The van der Waals surface area contributed by atoms with Gasteiger partial charge in [-0.2, -0.15) is 5.10 Å².